The van der Waals surface area contributed by atoms with Gasteiger partial charge in [-0.25, -0.2) is 0 Å². The molecule has 1 N–H and O–H groups in total. The molecule has 0 bridgehead atoms. The summed E-state index contributed by atoms with van der Waals surface area (Å²) in [7, 11) is 0. The van der Waals surface area contributed by atoms with E-state index in [2.05, 4.69) is 10.2 Å². The van der Waals surface area contributed by atoms with Gasteiger partial charge in [-0.15, -0.1) is 0 Å². The predicted molar refractivity (Wildman–Crippen MR) is 65.2 cm³/mol. The maximum absolute atomic E-state index is 3.64. The van der Waals surface area contributed by atoms with Gasteiger partial charge in [-0.2, -0.15) is 0 Å². The summed E-state index contributed by atoms with van der Waals surface area (Å²) in [4.78, 5) is 2.66. The summed E-state index contributed by atoms with van der Waals surface area (Å²) < 4.78 is 0. The van der Waals surface area contributed by atoms with Crippen LogP contribution in [0.4, 0.5) is 0 Å². The largest absolute Gasteiger partial charge is 0.314 e. The first-order valence-corrected chi connectivity index (χ1v) is 6.91. The molecule has 0 aromatic rings. The van der Waals surface area contributed by atoms with Crippen molar-refractivity contribution in [2.75, 3.05) is 26.2 Å². The van der Waals surface area contributed by atoms with E-state index in [4.69, 9.17) is 0 Å². The predicted octanol–water partition coefficient (Wildman–Crippen LogP) is 2.39. The number of likely N-dealkylation sites (tertiary alicyclic amines) is 1. The van der Waals surface area contributed by atoms with Crippen molar-refractivity contribution in [3.63, 3.8) is 0 Å². The van der Waals surface area contributed by atoms with Crippen LogP contribution in [0.1, 0.15) is 51.4 Å². The van der Waals surface area contributed by atoms with E-state index >= 15 is 0 Å². The van der Waals surface area contributed by atoms with Gasteiger partial charge in [0, 0.05) is 6.04 Å². The molecule has 0 aromatic heterocycles. The zero-order valence-corrected chi connectivity index (χ0v) is 10.0. The number of rotatable bonds is 4. The molecule has 15 heavy (non-hydrogen) atoms. The first-order valence-electron chi connectivity index (χ1n) is 6.91. The summed E-state index contributed by atoms with van der Waals surface area (Å²) in [5.41, 5.74) is 0. The number of nitrogens with zero attached hydrogens (tertiary/aromatic N) is 1. The molecule has 1 atom stereocenters. The van der Waals surface area contributed by atoms with E-state index in [1.807, 2.05) is 0 Å². The molecule has 0 aliphatic carbocycles. The second-order valence-electron chi connectivity index (χ2n) is 5.19. The molecule has 2 heterocycles. The van der Waals surface area contributed by atoms with Crippen molar-refractivity contribution in [1.29, 1.82) is 0 Å². The standard InChI is InChI=1S/C13H26N2/c1-4-10-15(11-5-1)12-6-8-13-7-2-3-9-14-13/h13-14H,1-12H2. The summed E-state index contributed by atoms with van der Waals surface area (Å²) in [6.07, 6.45) is 11.4. The molecular formula is C13H26N2. The van der Waals surface area contributed by atoms with Crippen LogP contribution >= 0.6 is 0 Å². The van der Waals surface area contributed by atoms with Crippen LogP contribution in [-0.4, -0.2) is 37.1 Å². The third kappa shape index (κ3) is 4.12. The summed E-state index contributed by atoms with van der Waals surface area (Å²) in [5, 5.41) is 3.64. The Bertz CT molecular complexity index is 140. The van der Waals surface area contributed by atoms with Crippen LogP contribution in [0.3, 0.4) is 0 Å². The van der Waals surface area contributed by atoms with Crippen molar-refractivity contribution < 1.29 is 0 Å². The van der Waals surface area contributed by atoms with E-state index in [0.29, 0.717) is 0 Å². The second kappa shape index (κ2) is 6.49. The number of hydrogen-bond donors (Lipinski definition) is 1. The van der Waals surface area contributed by atoms with Crippen LogP contribution in [0.5, 0.6) is 0 Å². The van der Waals surface area contributed by atoms with Crippen LogP contribution < -0.4 is 5.32 Å². The first kappa shape index (κ1) is 11.4. The summed E-state index contributed by atoms with van der Waals surface area (Å²) in [6, 6.07) is 0.837. The number of hydrogen-bond acceptors (Lipinski definition) is 2. The van der Waals surface area contributed by atoms with E-state index in [9.17, 15) is 0 Å². The minimum Gasteiger partial charge on any atom is -0.314 e. The molecule has 0 aromatic carbocycles. The molecule has 2 heteroatoms. The maximum atomic E-state index is 3.64. The minimum atomic E-state index is 0.837. The molecule has 1 unspecified atom stereocenters. The number of nitrogens with one attached hydrogen (secondary N) is 1. The molecule has 0 radical (unpaired) electrons. The molecule has 2 nitrogen and oxygen atoms in total. The van der Waals surface area contributed by atoms with Crippen LogP contribution in [0.15, 0.2) is 0 Å². The van der Waals surface area contributed by atoms with Crippen LogP contribution in [0.25, 0.3) is 0 Å². The van der Waals surface area contributed by atoms with Crippen molar-refractivity contribution >= 4 is 0 Å². The molecule has 2 rings (SSSR count). The molecule has 0 saturated carbocycles. The van der Waals surface area contributed by atoms with Crippen molar-refractivity contribution in [3.8, 4) is 0 Å². The Hall–Kier alpha value is -0.0800. The fourth-order valence-electron chi connectivity index (χ4n) is 2.91. The smallest absolute Gasteiger partial charge is 0.00675 e. The molecule has 2 aliphatic rings. The summed E-state index contributed by atoms with van der Waals surface area (Å²) in [6.45, 7) is 5.32. The zero-order chi connectivity index (χ0) is 10.3. The Balaban J connectivity index is 1.53. The summed E-state index contributed by atoms with van der Waals surface area (Å²) >= 11 is 0. The fraction of sp³-hybridized carbons (Fsp3) is 1.00. The second-order valence-corrected chi connectivity index (χ2v) is 5.19. The normalized spacial score (nSPS) is 29.2. The van der Waals surface area contributed by atoms with Crippen molar-refractivity contribution in [2.24, 2.45) is 0 Å². The number of piperidine rings is 2. The van der Waals surface area contributed by atoms with E-state index in [1.54, 1.807) is 0 Å². The lowest BCUT2D eigenvalue weighted by atomic mass is 10.0. The molecule has 2 fully saturated rings. The Morgan fingerprint density at radius 2 is 1.87 bits per heavy atom. The van der Waals surface area contributed by atoms with Gasteiger partial charge in [0.15, 0.2) is 0 Å². The van der Waals surface area contributed by atoms with Crippen LogP contribution in [-0.2, 0) is 0 Å². The highest BCUT2D eigenvalue weighted by molar-refractivity contribution is 4.73. The van der Waals surface area contributed by atoms with Crippen molar-refractivity contribution in [3.05, 3.63) is 0 Å². The van der Waals surface area contributed by atoms with Gasteiger partial charge in [0.1, 0.15) is 0 Å². The highest BCUT2D eigenvalue weighted by Gasteiger charge is 2.13. The quantitative estimate of drug-likeness (QED) is 0.766. The lowest BCUT2D eigenvalue weighted by Gasteiger charge is -2.28. The minimum absolute atomic E-state index is 0.837. The first-order chi connectivity index (χ1) is 7.45. The van der Waals surface area contributed by atoms with Crippen LogP contribution in [0, 0.1) is 0 Å². The molecule has 0 amide bonds. The highest BCUT2D eigenvalue weighted by Crippen LogP contribution is 2.14. The summed E-state index contributed by atoms with van der Waals surface area (Å²) in [5.74, 6) is 0. The maximum Gasteiger partial charge on any atom is 0.00675 e. The van der Waals surface area contributed by atoms with Gasteiger partial charge in [-0.05, 0) is 64.7 Å². The molecule has 2 saturated heterocycles. The van der Waals surface area contributed by atoms with Crippen molar-refractivity contribution in [2.45, 2.75) is 57.4 Å². The van der Waals surface area contributed by atoms with Crippen molar-refractivity contribution in [1.82, 2.24) is 10.2 Å². The van der Waals surface area contributed by atoms with Gasteiger partial charge >= 0.3 is 0 Å². The fourth-order valence-corrected chi connectivity index (χ4v) is 2.91. The average Bonchev–Trinajstić information content (AvgIpc) is 2.32. The van der Waals surface area contributed by atoms with Gasteiger partial charge in [0.2, 0.25) is 0 Å². The lowest BCUT2D eigenvalue weighted by molar-refractivity contribution is 0.219. The molecule has 88 valence electrons. The Kier molecular flexibility index (Phi) is 4.94. The Labute approximate surface area is 94.4 Å². The Morgan fingerprint density at radius 1 is 1.00 bits per heavy atom. The van der Waals surface area contributed by atoms with E-state index in [1.165, 1.54) is 77.5 Å². The lowest BCUT2D eigenvalue weighted by Crippen LogP contribution is -2.35. The van der Waals surface area contributed by atoms with Crippen LogP contribution in [0.2, 0.25) is 0 Å². The van der Waals surface area contributed by atoms with Gasteiger partial charge < -0.3 is 10.2 Å². The third-order valence-electron chi connectivity index (χ3n) is 3.89. The Morgan fingerprint density at radius 3 is 2.60 bits per heavy atom. The monoisotopic (exact) mass is 210 g/mol. The molecule has 2 aliphatic heterocycles. The highest BCUT2D eigenvalue weighted by atomic mass is 15.1. The molecule has 0 spiro atoms. The van der Waals surface area contributed by atoms with Gasteiger partial charge in [-0.1, -0.05) is 12.8 Å². The molecular weight excluding hydrogens is 184 g/mol. The average molecular weight is 210 g/mol. The third-order valence-corrected chi connectivity index (χ3v) is 3.89. The topological polar surface area (TPSA) is 15.3 Å². The van der Waals surface area contributed by atoms with E-state index in [0.717, 1.165) is 6.04 Å². The van der Waals surface area contributed by atoms with Gasteiger partial charge in [-0.3, -0.25) is 0 Å². The van der Waals surface area contributed by atoms with Gasteiger partial charge in [0.25, 0.3) is 0 Å². The van der Waals surface area contributed by atoms with E-state index in [-0.39, 0.29) is 0 Å². The SMILES string of the molecule is C1CCN(CCCC2CCCCN2)CC1. The zero-order valence-electron chi connectivity index (χ0n) is 10.0. The van der Waals surface area contributed by atoms with Gasteiger partial charge in [0.05, 0.1) is 0 Å². The van der Waals surface area contributed by atoms with E-state index < -0.39 is 0 Å².